The number of hydrogen-bond donors (Lipinski definition) is 8. The fourth-order valence-corrected chi connectivity index (χ4v) is 1.73. The smallest absolute Gasteiger partial charge is 0.119 e. The van der Waals surface area contributed by atoms with Gasteiger partial charge >= 0.3 is 0 Å². The molecule has 0 amide bonds. The summed E-state index contributed by atoms with van der Waals surface area (Å²) >= 11 is 0. The lowest BCUT2D eigenvalue weighted by Gasteiger charge is -2.29. The number of nitrogens with zero attached hydrogens (tertiary/aromatic N) is 1. The summed E-state index contributed by atoms with van der Waals surface area (Å²) in [5.74, 6) is 0. The second-order valence-electron chi connectivity index (χ2n) is 4.96. The van der Waals surface area contributed by atoms with Gasteiger partial charge in [0.05, 0.1) is 18.5 Å². The number of hydrogen-bond acceptors (Lipinski definition) is 9. The highest BCUT2D eigenvalue weighted by molar-refractivity contribution is 5.65. The number of nitrogens with one attached hydrogen (secondary N) is 1. The zero-order valence-electron chi connectivity index (χ0n) is 12.2. The summed E-state index contributed by atoms with van der Waals surface area (Å²) < 4.78 is 0. The topological polar surface area (TPSA) is 166 Å². The van der Waals surface area contributed by atoms with Crippen LogP contribution in [-0.4, -0.2) is 85.2 Å². The van der Waals surface area contributed by atoms with Crippen LogP contribution in [0.4, 0.5) is 5.69 Å². The summed E-state index contributed by atoms with van der Waals surface area (Å²) in [4.78, 5) is 0. The summed E-state index contributed by atoms with van der Waals surface area (Å²) in [6, 6.07) is 8.75. The molecule has 23 heavy (non-hydrogen) atoms. The van der Waals surface area contributed by atoms with Crippen LogP contribution in [0.2, 0.25) is 0 Å². The molecule has 8 N–H and O–H groups in total. The van der Waals surface area contributed by atoms with Gasteiger partial charge in [0, 0.05) is 0 Å². The predicted octanol–water partition coefficient (Wildman–Crippen LogP) is -2.76. The highest BCUT2D eigenvalue weighted by Gasteiger charge is 2.36. The van der Waals surface area contributed by atoms with Crippen molar-refractivity contribution in [2.45, 2.75) is 36.6 Å². The molecule has 9 heteroatoms. The lowest BCUT2D eigenvalue weighted by Crippen LogP contribution is -2.53. The molecule has 1 aromatic rings. The van der Waals surface area contributed by atoms with E-state index in [0.29, 0.717) is 5.69 Å². The Labute approximate surface area is 132 Å². The van der Waals surface area contributed by atoms with E-state index in [1.807, 2.05) is 0 Å². The summed E-state index contributed by atoms with van der Waals surface area (Å²) in [6.45, 7) is -0.841. The van der Waals surface area contributed by atoms with Crippen LogP contribution in [0.25, 0.3) is 0 Å². The van der Waals surface area contributed by atoms with Crippen molar-refractivity contribution in [1.82, 2.24) is 0 Å². The molecule has 0 saturated carbocycles. The molecule has 0 saturated heterocycles. The van der Waals surface area contributed by atoms with Crippen LogP contribution in [0.3, 0.4) is 0 Å². The van der Waals surface area contributed by atoms with Gasteiger partial charge in [-0.1, -0.05) is 18.2 Å². The van der Waals surface area contributed by atoms with Gasteiger partial charge < -0.3 is 35.7 Å². The van der Waals surface area contributed by atoms with E-state index in [4.69, 9.17) is 5.11 Å². The second kappa shape index (κ2) is 9.53. The van der Waals surface area contributed by atoms with Gasteiger partial charge in [-0.15, -0.1) is 0 Å². The fraction of sp³-hybridized carbons (Fsp3) is 0.500. The van der Waals surface area contributed by atoms with Crippen molar-refractivity contribution in [3.8, 4) is 0 Å². The zero-order chi connectivity index (χ0) is 17.4. The SMILES string of the molecule is OC[C@@H](O)[C@@H](O)[C@@H](O)[C@@H](O)[C@@H](O)[C@H](O)/C=N\Nc1ccccc1. The summed E-state index contributed by atoms with van der Waals surface area (Å²) in [5, 5.41) is 69.7. The Bertz CT molecular complexity index is 473. The average molecular weight is 330 g/mol. The number of hydrazone groups is 1. The normalized spacial score (nSPS) is 19.8. The van der Waals surface area contributed by atoms with E-state index < -0.39 is 43.2 Å². The molecule has 0 heterocycles. The molecule has 0 spiro atoms. The van der Waals surface area contributed by atoms with Crippen LogP contribution in [0, 0.1) is 0 Å². The number of aliphatic hydroxyl groups is 7. The summed E-state index contributed by atoms with van der Waals surface area (Å²) in [7, 11) is 0. The van der Waals surface area contributed by atoms with E-state index in [0.717, 1.165) is 6.21 Å². The molecule has 0 aliphatic carbocycles. The Morgan fingerprint density at radius 1 is 0.870 bits per heavy atom. The molecule has 1 aromatic carbocycles. The first-order valence-electron chi connectivity index (χ1n) is 6.92. The Kier molecular flexibility index (Phi) is 8.06. The molecule has 9 nitrogen and oxygen atoms in total. The second-order valence-corrected chi connectivity index (χ2v) is 4.96. The first-order valence-corrected chi connectivity index (χ1v) is 6.92. The van der Waals surface area contributed by atoms with Crippen LogP contribution >= 0.6 is 0 Å². The first-order chi connectivity index (χ1) is 10.9. The molecule has 0 aromatic heterocycles. The van der Waals surface area contributed by atoms with Gasteiger partial charge in [0.2, 0.25) is 0 Å². The predicted molar refractivity (Wildman–Crippen MR) is 81.7 cm³/mol. The van der Waals surface area contributed by atoms with Crippen LogP contribution in [-0.2, 0) is 0 Å². The summed E-state index contributed by atoms with van der Waals surface area (Å²) in [6.07, 6.45) is -10.1. The van der Waals surface area contributed by atoms with E-state index in [1.165, 1.54) is 0 Å². The van der Waals surface area contributed by atoms with Crippen LogP contribution in [0.15, 0.2) is 35.4 Å². The van der Waals surface area contributed by atoms with E-state index in [1.54, 1.807) is 30.3 Å². The highest BCUT2D eigenvalue weighted by atomic mass is 16.4. The van der Waals surface area contributed by atoms with Crippen molar-refractivity contribution >= 4 is 11.9 Å². The number of rotatable bonds is 9. The molecule has 6 atom stereocenters. The minimum Gasteiger partial charge on any atom is -0.394 e. The third-order valence-electron chi connectivity index (χ3n) is 3.18. The Hall–Kier alpha value is -1.59. The molecule has 130 valence electrons. The number of benzene rings is 1. The van der Waals surface area contributed by atoms with Gasteiger partial charge in [-0.3, -0.25) is 5.43 Å². The largest absolute Gasteiger partial charge is 0.394 e. The maximum absolute atomic E-state index is 9.72. The third-order valence-corrected chi connectivity index (χ3v) is 3.18. The van der Waals surface area contributed by atoms with E-state index in [-0.39, 0.29) is 0 Å². The quantitative estimate of drug-likeness (QED) is 0.178. The maximum atomic E-state index is 9.72. The van der Waals surface area contributed by atoms with Gasteiger partial charge in [-0.2, -0.15) is 5.10 Å². The lowest BCUT2D eigenvalue weighted by molar-refractivity contribution is -0.150. The van der Waals surface area contributed by atoms with Crippen molar-refractivity contribution in [2.24, 2.45) is 5.10 Å². The van der Waals surface area contributed by atoms with Crippen LogP contribution in [0.1, 0.15) is 0 Å². The molecule has 0 aliphatic rings. The Morgan fingerprint density at radius 2 is 1.43 bits per heavy atom. The minimum atomic E-state index is -1.97. The minimum absolute atomic E-state index is 0.632. The lowest BCUT2D eigenvalue weighted by atomic mass is 9.97. The molecule has 0 fully saturated rings. The van der Waals surface area contributed by atoms with E-state index >= 15 is 0 Å². The van der Waals surface area contributed by atoms with Gasteiger partial charge in [-0.25, -0.2) is 0 Å². The van der Waals surface area contributed by atoms with E-state index in [2.05, 4.69) is 10.5 Å². The highest BCUT2D eigenvalue weighted by Crippen LogP contribution is 2.11. The summed E-state index contributed by atoms with van der Waals surface area (Å²) in [5.41, 5.74) is 3.21. The Balaban J connectivity index is 2.55. The maximum Gasteiger partial charge on any atom is 0.119 e. The number of anilines is 1. The molecular formula is C14H22N2O7. The zero-order valence-corrected chi connectivity index (χ0v) is 12.2. The molecule has 0 aliphatic heterocycles. The van der Waals surface area contributed by atoms with Crippen LogP contribution < -0.4 is 5.43 Å². The molecular weight excluding hydrogens is 308 g/mol. The average Bonchev–Trinajstić information content (AvgIpc) is 2.59. The number of para-hydroxylation sites is 1. The van der Waals surface area contributed by atoms with Crippen LogP contribution in [0.5, 0.6) is 0 Å². The van der Waals surface area contributed by atoms with Gasteiger partial charge in [0.25, 0.3) is 0 Å². The Morgan fingerprint density at radius 3 is 2.00 bits per heavy atom. The third kappa shape index (κ3) is 5.84. The van der Waals surface area contributed by atoms with Crippen molar-refractivity contribution in [3.63, 3.8) is 0 Å². The van der Waals surface area contributed by atoms with Crippen molar-refractivity contribution in [3.05, 3.63) is 30.3 Å². The van der Waals surface area contributed by atoms with E-state index in [9.17, 15) is 30.6 Å². The van der Waals surface area contributed by atoms with Gasteiger partial charge in [0.1, 0.15) is 36.6 Å². The molecule has 0 bridgehead atoms. The van der Waals surface area contributed by atoms with Gasteiger partial charge in [0.15, 0.2) is 0 Å². The fourth-order valence-electron chi connectivity index (χ4n) is 1.73. The monoisotopic (exact) mass is 330 g/mol. The number of aliphatic hydroxyl groups excluding tert-OH is 7. The molecule has 1 rings (SSSR count). The van der Waals surface area contributed by atoms with Crippen molar-refractivity contribution in [2.75, 3.05) is 12.0 Å². The molecule has 0 unspecified atom stereocenters. The van der Waals surface area contributed by atoms with Gasteiger partial charge in [-0.05, 0) is 12.1 Å². The first kappa shape index (κ1) is 19.5. The van der Waals surface area contributed by atoms with Crippen molar-refractivity contribution < 1.29 is 35.7 Å². The molecule has 0 radical (unpaired) electrons. The standard InChI is InChI=1S/C14H22N2O7/c17-7-10(19)12(21)14(23)13(22)11(20)9(18)6-15-16-8-4-2-1-3-5-8/h1-6,9-14,16-23H,7H2/b15-6-/t9-,10-,11+,12-,13+,14-/m1/s1. The van der Waals surface area contributed by atoms with Crippen molar-refractivity contribution in [1.29, 1.82) is 0 Å².